The van der Waals surface area contributed by atoms with Crippen molar-refractivity contribution in [3.8, 4) is 0 Å². The van der Waals surface area contributed by atoms with Crippen LogP contribution in [0.5, 0.6) is 0 Å². The monoisotopic (exact) mass is 374 g/mol. The third kappa shape index (κ3) is 5.96. The summed E-state index contributed by atoms with van der Waals surface area (Å²) in [5, 5.41) is 12.1. The number of aryl methyl sites for hydroxylation is 1. The van der Waals surface area contributed by atoms with Crippen LogP contribution in [0.4, 0.5) is 4.79 Å². The maximum atomic E-state index is 12.4. The van der Waals surface area contributed by atoms with Crippen LogP contribution < -0.4 is 5.32 Å². The zero-order valence-electron chi connectivity index (χ0n) is 15.8. The van der Waals surface area contributed by atoms with Gasteiger partial charge in [-0.3, -0.25) is 4.79 Å². The second-order valence-electron chi connectivity index (χ2n) is 7.65. The van der Waals surface area contributed by atoms with Crippen molar-refractivity contribution in [1.82, 2.24) is 10.2 Å². The molecule has 0 aromatic heterocycles. The van der Waals surface area contributed by atoms with Crippen molar-refractivity contribution in [1.29, 1.82) is 0 Å². The number of ether oxygens (including phenoxy) is 1. The number of urea groups is 1. The van der Waals surface area contributed by atoms with E-state index in [-0.39, 0.29) is 24.1 Å². The second-order valence-corrected chi connectivity index (χ2v) is 7.65. The van der Waals surface area contributed by atoms with Gasteiger partial charge in [-0.2, -0.15) is 0 Å². The van der Waals surface area contributed by atoms with Gasteiger partial charge in [0.25, 0.3) is 0 Å². The molecule has 1 unspecified atom stereocenters. The Balaban J connectivity index is 1.31. The molecule has 6 heteroatoms. The number of likely N-dealkylation sites (tertiary alicyclic amines) is 1. The quantitative estimate of drug-likeness (QED) is 0.719. The molecule has 1 saturated heterocycles. The van der Waals surface area contributed by atoms with Crippen molar-refractivity contribution in [3.63, 3.8) is 0 Å². The van der Waals surface area contributed by atoms with Crippen LogP contribution in [-0.2, 0) is 16.0 Å². The number of aliphatic carboxylic acids is 1. The lowest BCUT2D eigenvalue weighted by atomic mass is 9.86. The van der Waals surface area contributed by atoms with Gasteiger partial charge in [-0.05, 0) is 50.5 Å². The van der Waals surface area contributed by atoms with E-state index in [1.165, 1.54) is 5.56 Å². The molecule has 27 heavy (non-hydrogen) atoms. The van der Waals surface area contributed by atoms with E-state index in [2.05, 4.69) is 29.6 Å². The molecule has 2 amide bonds. The van der Waals surface area contributed by atoms with E-state index in [0.717, 1.165) is 38.6 Å². The Kier molecular flexibility index (Phi) is 7.10. The summed E-state index contributed by atoms with van der Waals surface area (Å²) in [5.74, 6) is -0.967. The van der Waals surface area contributed by atoms with Gasteiger partial charge in [-0.25, -0.2) is 4.79 Å². The summed E-state index contributed by atoms with van der Waals surface area (Å²) in [5.41, 5.74) is 1.33. The van der Waals surface area contributed by atoms with Gasteiger partial charge in [0.15, 0.2) is 0 Å². The number of benzene rings is 1. The molecule has 1 heterocycles. The molecule has 1 aliphatic carbocycles. The number of rotatable bonds is 7. The molecule has 6 nitrogen and oxygen atoms in total. The van der Waals surface area contributed by atoms with Crippen molar-refractivity contribution in [2.75, 3.05) is 19.7 Å². The topological polar surface area (TPSA) is 78.9 Å². The number of amides is 2. The Morgan fingerprint density at radius 1 is 1.11 bits per heavy atom. The number of carboxylic acids is 1. The van der Waals surface area contributed by atoms with E-state index < -0.39 is 5.97 Å². The average molecular weight is 374 g/mol. The van der Waals surface area contributed by atoms with Gasteiger partial charge < -0.3 is 20.1 Å². The van der Waals surface area contributed by atoms with E-state index in [4.69, 9.17) is 9.84 Å². The van der Waals surface area contributed by atoms with Gasteiger partial charge in [0.2, 0.25) is 0 Å². The second kappa shape index (κ2) is 9.74. The fraction of sp³-hybridized carbons (Fsp3) is 0.619. The van der Waals surface area contributed by atoms with Crippen molar-refractivity contribution >= 4 is 12.0 Å². The number of carbonyl (C=O) groups excluding carboxylic acids is 1. The summed E-state index contributed by atoms with van der Waals surface area (Å²) in [4.78, 5) is 25.3. The van der Waals surface area contributed by atoms with Crippen molar-refractivity contribution < 1.29 is 19.4 Å². The number of nitrogens with one attached hydrogen (secondary N) is 1. The Morgan fingerprint density at radius 2 is 1.85 bits per heavy atom. The molecule has 1 aromatic rings. The van der Waals surface area contributed by atoms with Gasteiger partial charge in [-0.15, -0.1) is 0 Å². The van der Waals surface area contributed by atoms with Crippen LogP contribution in [0.2, 0.25) is 0 Å². The lowest BCUT2D eigenvalue weighted by molar-refractivity contribution is -0.142. The molecule has 0 spiro atoms. The fourth-order valence-corrected chi connectivity index (χ4v) is 3.97. The maximum Gasteiger partial charge on any atom is 0.317 e. The Bertz CT molecular complexity index is 614. The van der Waals surface area contributed by atoms with Gasteiger partial charge in [0.1, 0.15) is 0 Å². The predicted molar refractivity (Wildman–Crippen MR) is 103 cm³/mol. The Hall–Kier alpha value is -2.08. The van der Waals surface area contributed by atoms with Crippen LogP contribution in [-0.4, -0.2) is 53.8 Å². The highest BCUT2D eigenvalue weighted by Gasteiger charge is 2.30. The summed E-state index contributed by atoms with van der Waals surface area (Å²) in [6, 6.07) is 10.4. The lowest BCUT2D eigenvalue weighted by Gasteiger charge is -2.28. The summed E-state index contributed by atoms with van der Waals surface area (Å²) < 4.78 is 5.95. The number of carbonyl (C=O) groups is 2. The molecular weight excluding hydrogens is 344 g/mol. The molecule has 2 N–H and O–H groups in total. The van der Waals surface area contributed by atoms with Crippen LogP contribution in [0.1, 0.15) is 44.1 Å². The minimum Gasteiger partial charge on any atom is -0.481 e. The molecule has 1 saturated carbocycles. The van der Waals surface area contributed by atoms with E-state index in [1.807, 2.05) is 11.0 Å². The first kappa shape index (κ1) is 19.7. The Labute approximate surface area is 160 Å². The lowest BCUT2D eigenvalue weighted by Crippen LogP contribution is -2.45. The third-order valence-electron chi connectivity index (χ3n) is 5.64. The number of hydrogen-bond donors (Lipinski definition) is 2. The van der Waals surface area contributed by atoms with Crippen LogP contribution in [0.15, 0.2) is 30.3 Å². The molecule has 1 aliphatic heterocycles. The number of hydrogen-bond acceptors (Lipinski definition) is 3. The SMILES string of the molecule is O=C(O)C1CCC(NC(=O)N2CCC(OCCCc3ccccc3)C2)CC1. The number of nitrogens with zero attached hydrogens (tertiary/aromatic N) is 1. The van der Waals surface area contributed by atoms with E-state index in [1.54, 1.807) is 0 Å². The standard InChI is InChI=1S/C21H30N2O4/c24-20(25)17-8-10-18(11-9-17)22-21(26)23-13-12-19(15-23)27-14-4-7-16-5-2-1-3-6-16/h1-3,5-6,17-19H,4,7-15H2,(H,22,26)(H,24,25). The molecule has 0 bridgehead atoms. The Morgan fingerprint density at radius 3 is 2.56 bits per heavy atom. The first-order valence-electron chi connectivity index (χ1n) is 10.1. The first-order chi connectivity index (χ1) is 13.1. The third-order valence-corrected chi connectivity index (χ3v) is 5.64. The van der Waals surface area contributed by atoms with Crippen LogP contribution in [0, 0.1) is 5.92 Å². The maximum absolute atomic E-state index is 12.4. The average Bonchev–Trinajstić information content (AvgIpc) is 3.16. The molecule has 148 valence electrons. The highest BCUT2D eigenvalue weighted by Crippen LogP contribution is 2.25. The van der Waals surface area contributed by atoms with Crippen molar-refractivity contribution in [2.45, 2.75) is 57.1 Å². The molecular formula is C21H30N2O4. The summed E-state index contributed by atoms with van der Waals surface area (Å²) in [6.07, 6.45) is 5.78. The largest absolute Gasteiger partial charge is 0.481 e. The minimum absolute atomic E-state index is 0.0378. The van der Waals surface area contributed by atoms with E-state index in [9.17, 15) is 9.59 Å². The molecule has 2 fully saturated rings. The highest BCUT2D eigenvalue weighted by atomic mass is 16.5. The minimum atomic E-state index is -0.716. The van der Waals surface area contributed by atoms with Crippen LogP contribution >= 0.6 is 0 Å². The summed E-state index contributed by atoms with van der Waals surface area (Å²) in [6.45, 7) is 2.08. The zero-order valence-corrected chi connectivity index (χ0v) is 15.8. The van der Waals surface area contributed by atoms with E-state index >= 15 is 0 Å². The molecule has 0 radical (unpaired) electrons. The van der Waals surface area contributed by atoms with Crippen LogP contribution in [0.25, 0.3) is 0 Å². The smallest absolute Gasteiger partial charge is 0.317 e. The van der Waals surface area contributed by atoms with Crippen LogP contribution in [0.3, 0.4) is 0 Å². The van der Waals surface area contributed by atoms with Gasteiger partial charge in [-0.1, -0.05) is 30.3 Å². The molecule has 1 atom stereocenters. The molecule has 3 rings (SSSR count). The zero-order chi connectivity index (χ0) is 19.1. The van der Waals surface area contributed by atoms with Crippen molar-refractivity contribution in [2.24, 2.45) is 5.92 Å². The van der Waals surface area contributed by atoms with E-state index in [0.29, 0.717) is 26.0 Å². The highest BCUT2D eigenvalue weighted by molar-refractivity contribution is 5.75. The molecule has 2 aliphatic rings. The fourth-order valence-electron chi connectivity index (χ4n) is 3.97. The summed E-state index contributed by atoms with van der Waals surface area (Å²) >= 11 is 0. The molecule has 1 aromatic carbocycles. The first-order valence-corrected chi connectivity index (χ1v) is 10.1. The number of carboxylic acid groups (broad SMARTS) is 1. The van der Waals surface area contributed by atoms with Gasteiger partial charge in [0, 0.05) is 25.7 Å². The summed E-state index contributed by atoms with van der Waals surface area (Å²) in [7, 11) is 0. The van der Waals surface area contributed by atoms with Gasteiger partial charge >= 0.3 is 12.0 Å². The predicted octanol–water partition coefficient (Wildman–Crippen LogP) is 3.06. The normalized spacial score (nSPS) is 25.3. The van der Waals surface area contributed by atoms with Crippen molar-refractivity contribution in [3.05, 3.63) is 35.9 Å². The van der Waals surface area contributed by atoms with Gasteiger partial charge in [0.05, 0.1) is 12.0 Å².